The van der Waals surface area contributed by atoms with E-state index >= 15 is 0 Å². The number of rotatable bonds is 4. The fourth-order valence-electron chi connectivity index (χ4n) is 1.66. The van der Waals surface area contributed by atoms with Crippen molar-refractivity contribution < 1.29 is 8.81 Å². The number of nitrogens with two attached hydrogens (primary N) is 1. The summed E-state index contributed by atoms with van der Waals surface area (Å²) in [7, 11) is 0. The van der Waals surface area contributed by atoms with E-state index in [4.69, 9.17) is 21.9 Å². The van der Waals surface area contributed by atoms with Gasteiger partial charge in [0.2, 0.25) is 0 Å². The Bertz CT molecular complexity index is 467. The van der Waals surface area contributed by atoms with E-state index < -0.39 is 0 Å². The molecule has 0 bridgehead atoms. The van der Waals surface area contributed by atoms with Gasteiger partial charge in [0.1, 0.15) is 11.6 Å². The fraction of sp³-hybridized carbons (Fsp3) is 0.167. The Morgan fingerprint density at radius 1 is 1.35 bits per heavy atom. The van der Waals surface area contributed by atoms with Crippen molar-refractivity contribution in [1.29, 1.82) is 0 Å². The molecule has 0 fully saturated rings. The maximum Gasteiger partial charge on any atom is 0.127 e. The van der Waals surface area contributed by atoms with Gasteiger partial charge in [-0.1, -0.05) is 17.7 Å². The molecule has 0 amide bonds. The first-order valence-corrected chi connectivity index (χ1v) is 5.52. The Kier molecular flexibility index (Phi) is 3.78. The fourth-order valence-corrected chi connectivity index (χ4v) is 1.90. The van der Waals surface area contributed by atoms with E-state index in [1.165, 1.54) is 6.07 Å². The van der Waals surface area contributed by atoms with Crippen LogP contribution in [0.2, 0.25) is 5.02 Å². The molecule has 0 saturated carbocycles. The molecule has 0 spiro atoms. The maximum atomic E-state index is 13.6. The van der Waals surface area contributed by atoms with Crippen molar-refractivity contribution in [3.63, 3.8) is 0 Å². The molecule has 0 saturated heterocycles. The zero-order valence-corrected chi connectivity index (χ0v) is 9.75. The van der Waals surface area contributed by atoms with Crippen LogP contribution in [0.5, 0.6) is 0 Å². The van der Waals surface area contributed by atoms with Crippen LogP contribution in [0.25, 0.3) is 0 Å². The van der Waals surface area contributed by atoms with Crippen LogP contribution < -0.4 is 11.3 Å². The molecule has 1 atom stereocenters. The molecule has 90 valence electrons. The summed E-state index contributed by atoms with van der Waals surface area (Å²) in [6.45, 7) is 0. The lowest BCUT2D eigenvalue weighted by molar-refractivity contribution is 0.412. The Hall–Kier alpha value is -1.36. The molecule has 1 heterocycles. The van der Waals surface area contributed by atoms with Gasteiger partial charge in [0.05, 0.1) is 12.3 Å². The smallest absolute Gasteiger partial charge is 0.127 e. The molecule has 1 aromatic heterocycles. The molecular formula is C12H12ClFN2O. The minimum absolute atomic E-state index is 0.306. The first-order chi connectivity index (χ1) is 8.22. The number of nitrogens with one attached hydrogen (secondary N) is 1. The minimum atomic E-state index is -0.343. The normalized spacial score (nSPS) is 12.6. The first-order valence-electron chi connectivity index (χ1n) is 5.14. The summed E-state index contributed by atoms with van der Waals surface area (Å²) in [6.07, 6.45) is 1.87. The van der Waals surface area contributed by atoms with Crippen LogP contribution in [0.3, 0.4) is 0 Å². The third-order valence-electron chi connectivity index (χ3n) is 2.56. The van der Waals surface area contributed by atoms with Gasteiger partial charge in [0, 0.05) is 17.0 Å². The molecule has 0 aliphatic heterocycles. The van der Waals surface area contributed by atoms with E-state index in [1.807, 2.05) is 0 Å². The van der Waals surface area contributed by atoms with Crippen LogP contribution in [-0.2, 0) is 6.42 Å². The summed E-state index contributed by atoms with van der Waals surface area (Å²) in [5.41, 5.74) is 3.01. The summed E-state index contributed by atoms with van der Waals surface area (Å²) in [5.74, 6) is 5.74. The second-order valence-electron chi connectivity index (χ2n) is 3.64. The Labute approximate surface area is 103 Å². The van der Waals surface area contributed by atoms with E-state index in [9.17, 15) is 4.39 Å². The highest BCUT2D eigenvalue weighted by Gasteiger charge is 2.17. The molecule has 17 heavy (non-hydrogen) atoms. The summed E-state index contributed by atoms with van der Waals surface area (Å²) in [5, 5.41) is 0.386. The number of hydrogen-bond donors (Lipinski definition) is 2. The van der Waals surface area contributed by atoms with Crippen molar-refractivity contribution in [3.05, 3.63) is 58.8 Å². The summed E-state index contributed by atoms with van der Waals surface area (Å²) in [4.78, 5) is 0. The van der Waals surface area contributed by atoms with Crippen LogP contribution in [0.1, 0.15) is 17.4 Å². The number of halogens is 2. The van der Waals surface area contributed by atoms with E-state index in [0.717, 1.165) is 0 Å². The van der Waals surface area contributed by atoms with Crippen molar-refractivity contribution in [2.24, 2.45) is 5.84 Å². The van der Waals surface area contributed by atoms with Crippen molar-refractivity contribution in [3.8, 4) is 0 Å². The summed E-state index contributed by atoms with van der Waals surface area (Å²) in [6, 6.07) is 7.81. The molecule has 1 aromatic carbocycles. The van der Waals surface area contributed by atoms with E-state index in [2.05, 4.69) is 5.43 Å². The molecule has 3 nitrogen and oxygen atoms in total. The van der Waals surface area contributed by atoms with Gasteiger partial charge in [-0.3, -0.25) is 5.84 Å². The van der Waals surface area contributed by atoms with Crippen LogP contribution >= 0.6 is 11.6 Å². The summed E-state index contributed by atoms with van der Waals surface area (Å²) >= 11 is 5.95. The number of benzene rings is 1. The first kappa shape index (κ1) is 12.1. The second-order valence-corrected chi connectivity index (χ2v) is 4.05. The minimum Gasteiger partial charge on any atom is -0.468 e. The van der Waals surface area contributed by atoms with Gasteiger partial charge in [-0.15, -0.1) is 0 Å². The maximum absolute atomic E-state index is 13.6. The highest BCUT2D eigenvalue weighted by atomic mass is 35.5. The zero-order valence-electron chi connectivity index (χ0n) is 8.99. The molecular weight excluding hydrogens is 243 g/mol. The van der Waals surface area contributed by atoms with Gasteiger partial charge in [0.25, 0.3) is 0 Å². The average molecular weight is 255 g/mol. The van der Waals surface area contributed by atoms with Crippen LogP contribution in [0, 0.1) is 5.82 Å². The molecule has 2 rings (SSSR count). The standard InChI is InChI=1S/C12H12ClFN2O/c13-9-3-1-4-10(14)8(9)7-11(16-15)12-5-2-6-17-12/h1-6,11,16H,7,15H2. The quantitative estimate of drug-likeness (QED) is 0.652. The van der Waals surface area contributed by atoms with Gasteiger partial charge in [-0.05, 0) is 24.3 Å². The predicted molar refractivity (Wildman–Crippen MR) is 63.9 cm³/mol. The molecule has 0 aliphatic rings. The molecule has 3 N–H and O–H groups in total. The van der Waals surface area contributed by atoms with Crippen molar-refractivity contribution in [2.45, 2.75) is 12.5 Å². The molecule has 2 aromatic rings. The van der Waals surface area contributed by atoms with Crippen molar-refractivity contribution >= 4 is 11.6 Å². The molecule has 0 aliphatic carbocycles. The summed E-state index contributed by atoms with van der Waals surface area (Å²) < 4.78 is 18.8. The molecule has 0 radical (unpaired) electrons. The largest absolute Gasteiger partial charge is 0.468 e. The Balaban J connectivity index is 2.25. The molecule has 1 unspecified atom stereocenters. The SMILES string of the molecule is NNC(Cc1c(F)cccc1Cl)c1ccco1. The van der Waals surface area contributed by atoms with Gasteiger partial charge in [0.15, 0.2) is 0 Å². The van der Waals surface area contributed by atoms with E-state index in [1.54, 1.807) is 30.5 Å². The zero-order chi connectivity index (χ0) is 12.3. The number of furan rings is 1. The monoisotopic (exact) mass is 254 g/mol. The predicted octanol–water partition coefficient (Wildman–Crippen LogP) is 2.82. The van der Waals surface area contributed by atoms with Crippen LogP contribution in [0.4, 0.5) is 4.39 Å². The third-order valence-corrected chi connectivity index (χ3v) is 2.91. The van der Waals surface area contributed by atoms with Gasteiger partial charge in [-0.2, -0.15) is 0 Å². The third kappa shape index (κ3) is 2.66. The Morgan fingerprint density at radius 3 is 2.76 bits per heavy atom. The average Bonchev–Trinajstić information content (AvgIpc) is 2.82. The van der Waals surface area contributed by atoms with Crippen LogP contribution in [-0.4, -0.2) is 0 Å². The highest BCUT2D eigenvalue weighted by Crippen LogP contribution is 2.25. The lowest BCUT2D eigenvalue weighted by Crippen LogP contribution is -2.29. The highest BCUT2D eigenvalue weighted by molar-refractivity contribution is 6.31. The van der Waals surface area contributed by atoms with Gasteiger partial charge >= 0.3 is 0 Å². The lowest BCUT2D eigenvalue weighted by Gasteiger charge is -2.14. The lowest BCUT2D eigenvalue weighted by atomic mass is 10.0. The number of hydrazine groups is 1. The topological polar surface area (TPSA) is 51.2 Å². The van der Waals surface area contributed by atoms with Gasteiger partial charge in [-0.25, -0.2) is 9.82 Å². The van der Waals surface area contributed by atoms with Crippen molar-refractivity contribution in [2.75, 3.05) is 0 Å². The van der Waals surface area contributed by atoms with E-state index in [-0.39, 0.29) is 11.9 Å². The van der Waals surface area contributed by atoms with Crippen LogP contribution in [0.15, 0.2) is 41.0 Å². The second kappa shape index (κ2) is 5.31. The van der Waals surface area contributed by atoms with E-state index in [0.29, 0.717) is 22.8 Å². The van der Waals surface area contributed by atoms with Crippen molar-refractivity contribution in [1.82, 2.24) is 5.43 Å². The Morgan fingerprint density at radius 2 is 2.18 bits per heavy atom. The number of hydrogen-bond acceptors (Lipinski definition) is 3. The van der Waals surface area contributed by atoms with Gasteiger partial charge < -0.3 is 4.42 Å². The molecule has 5 heteroatoms.